The number of aromatic nitrogens is 2. The maximum atomic E-state index is 13.6. The van der Waals surface area contributed by atoms with Gasteiger partial charge in [0, 0.05) is 38.0 Å². The number of hydrogen-bond donors (Lipinski definition) is 1. The summed E-state index contributed by atoms with van der Waals surface area (Å²) < 4.78 is 15.3. The number of nitrogens with one attached hydrogen (secondary N) is 1. The number of nitro groups is 1. The van der Waals surface area contributed by atoms with E-state index in [9.17, 15) is 24.1 Å². The minimum Gasteiger partial charge on any atom is -0.355 e. The van der Waals surface area contributed by atoms with Crippen molar-refractivity contribution in [2.24, 2.45) is 5.92 Å². The van der Waals surface area contributed by atoms with Crippen LogP contribution in [0, 0.1) is 21.8 Å². The molecule has 4 rings (SSSR count). The average Bonchev–Trinajstić information content (AvgIpc) is 3.45. The van der Waals surface area contributed by atoms with Crippen molar-refractivity contribution >= 4 is 23.2 Å². The van der Waals surface area contributed by atoms with E-state index in [1.807, 2.05) is 36.5 Å². The Kier molecular flexibility index (Phi) is 5.93. The van der Waals surface area contributed by atoms with Gasteiger partial charge in [-0.3, -0.25) is 19.7 Å². The van der Waals surface area contributed by atoms with E-state index in [0.717, 1.165) is 23.4 Å². The second-order valence-electron chi connectivity index (χ2n) is 7.46. The lowest BCUT2D eigenvalue weighted by Gasteiger charge is -2.16. The maximum absolute atomic E-state index is 13.6. The minimum atomic E-state index is -0.975. The SMILES string of the molecule is O=C(NCCc1ccc(-n2cccn2)cc1)C1CC(=O)N(c2ccc(F)c([N+](=O)[O-])c2)C1. The second kappa shape index (κ2) is 8.96. The molecule has 32 heavy (non-hydrogen) atoms. The van der Waals surface area contributed by atoms with Crippen LogP contribution in [0.1, 0.15) is 12.0 Å². The lowest BCUT2D eigenvalue weighted by atomic mass is 10.1. The molecule has 0 bridgehead atoms. The quantitative estimate of drug-likeness (QED) is 0.451. The van der Waals surface area contributed by atoms with Crippen molar-refractivity contribution in [2.75, 3.05) is 18.0 Å². The van der Waals surface area contributed by atoms with Crippen LogP contribution in [0.25, 0.3) is 5.69 Å². The number of halogens is 1. The molecule has 1 aliphatic heterocycles. The Bertz CT molecular complexity index is 1150. The smallest absolute Gasteiger partial charge is 0.306 e. The van der Waals surface area contributed by atoms with Gasteiger partial charge < -0.3 is 10.2 Å². The molecule has 1 unspecified atom stereocenters. The fraction of sp³-hybridized carbons (Fsp3) is 0.227. The van der Waals surface area contributed by atoms with Crippen molar-refractivity contribution in [3.05, 3.63) is 82.4 Å². The molecule has 10 heteroatoms. The molecule has 164 valence electrons. The van der Waals surface area contributed by atoms with Gasteiger partial charge in [0.15, 0.2) is 0 Å². The van der Waals surface area contributed by atoms with Crippen LogP contribution >= 0.6 is 0 Å². The lowest BCUT2D eigenvalue weighted by Crippen LogP contribution is -2.34. The van der Waals surface area contributed by atoms with Crippen molar-refractivity contribution < 1.29 is 18.9 Å². The second-order valence-corrected chi connectivity index (χ2v) is 7.46. The molecule has 0 spiro atoms. The highest BCUT2D eigenvalue weighted by atomic mass is 19.1. The van der Waals surface area contributed by atoms with Crippen LogP contribution in [0.5, 0.6) is 0 Å². The van der Waals surface area contributed by atoms with Gasteiger partial charge in [-0.1, -0.05) is 12.1 Å². The summed E-state index contributed by atoms with van der Waals surface area (Å²) in [5.41, 5.74) is 1.48. The third-order valence-electron chi connectivity index (χ3n) is 5.35. The highest BCUT2D eigenvalue weighted by Crippen LogP contribution is 2.29. The largest absolute Gasteiger partial charge is 0.355 e. The first-order chi connectivity index (χ1) is 15.4. The Morgan fingerprint density at radius 3 is 2.66 bits per heavy atom. The number of nitrogens with zero attached hydrogens (tertiary/aromatic N) is 4. The predicted octanol–water partition coefficient (Wildman–Crippen LogP) is 2.63. The molecule has 1 fully saturated rings. The molecule has 1 aliphatic rings. The molecule has 2 aromatic carbocycles. The number of rotatable bonds is 7. The topological polar surface area (TPSA) is 110 Å². The van der Waals surface area contributed by atoms with Gasteiger partial charge >= 0.3 is 5.69 Å². The van der Waals surface area contributed by atoms with Crippen molar-refractivity contribution in [2.45, 2.75) is 12.8 Å². The third kappa shape index (κ3) is 4.48. The zero-order valence-electron chi connectivity index (χ0n) is 17.0. The van der Waals surface area contributed by atoms with Crippen molar-refractivity contribution in [3.8, 4) is 5.69 Å². The molecule has 1 N–H and O–H groups in total. The molecular weight excluding hydrogens is 417 g/mol. The summed E-state index contributed by atoms with van der Waals surface area (Å²) in [6.45, 7) is 0.499. The van der Waals surface area contributed by atoms with E-state index < -0.39 is 22.3 Å². The molecule has 2 heterocycles. The average molecular weight is 437 g/mol. The Morgan fingerprint density at radius 1 is 1.22 bits per heavy atom. The highest BCUT2D eigenvalue weighted by molar-refractivity contribution is 6.00. The van der Waals surface area contributed by atoms with E-state index in [0.29, 0.717) is 13.0 Å². The summed E-state index contributed by atoms with van der Waals surface area (Å²) in [4.78, 5) is 36.3. The van der Waals surface area contributed by atoms with Gasteiger partial charge in [0.2, 0.25) is 17.6 Å². The molecule has 1 saturated heterocycles. The molecule has 0 saturated carbocycles. The fourth-order valence-corrected chi connectivity index (χ4v) is 3.65. The normalized spacial score (nSPS) is 15.7. The molecular formula is C22H20FN5O4. The first-order valence-corrected chi connectivity index (χ1v) is 10.0. The minimum absolute atomic E-state index is 0.00439. The molecule has 3 aromatic rings. The first kappa shape index (κ1) is 21.2. The Labute approximate surface area is 182 Å². The number of carbonyl (C=O) groups is 2. The summed E-state index contributed by atoms with van der Waals surface area (Å²) in [5, 5.41) is 18.0. The van der Waals surface area contributed by atoms with Crippen LogP contribution < -0.4 is 10.2 Å². The zero-order valence-corrected chi connectivity index (χ0v) is 17.0. The molecule has 0 radical (unpaired) electrons. The summed E-state index contributed by atoms with van der Waals surface area (Å²) in [5.74, 6) is -2.14. The van der Waals surface area contributed by atoms with E-state index in [1.54, 1.807) is 10.9 Å². The fourth-order valence-electron chi connectivity index (χ4n) is 3.65. The molecule has 1 aromatic heterocycles. The highest BCUT2D eigenvalue weighted by Gasteiger charge is 2.35. The monoisotopic (exact) mass is 437 g/mol. The number of carbonyl (C=O) groups excluding carboxylic acids is 2. The van der Waals surface area contributed by atoms with Gasteiger partial charge in [0.05, 0.1) is 22.2 Å². The van der Waals surface area contributed by atoms with Crippen LogP contribution in [0.4, 0.5) is 15.8 Å². The van der Waals surface area contributed by atoms with Crippen molar-refractivity contribution in [1.82, 2.24) is 15.1 Å². The summed E-state index contributed by atoms with van der Waals surface area (Å²) in [6.07, 6.45) is 4.18. The van der Waals surface area contributed by atoms with E-state index in [-0.39, 0.29) is 30.5 Å². The van der Waals surface area contributed by atoms with Crippen LogP contribution in [-0.4, -0.2) is 39.6 Å². The van der Waals surface area contributed by atoms with E-state index in [2.05, 4.69) is 10.4 Å². The summed E-state index contributed by atoms with van der Waals surface area (Å²) in [7, 11) is 0. The number of nitro benzene ring substituents is 1. The van der Waals surface area contributed by atoms with Crippen LogP contribution in [0.2, 0.25) is 0 Å². The molecule has 1 atom stereocenters. The van der Waals surface area contributed by atoms with Crippen LogP contribution in [0.3, 0.4) is 0 Å². The predicted molar refractivity (Wildman–Crippen MR) is 114 cm³/mol. The van der Waals surface area contributed by atoms with Gasteiger partial charge in [-0.05, 0) is 42.3 Å². The van der Waals surface area contributed by atoms with Crippen molar-refractivity contribution in [1.29, 1.82) is 0 Å². The molecule has 0 aliphatic carbocycles. The van der Waals surface area contributed by atoms with E-state index in [1.165, 1.54) is 11.0 Å². The summed E-state index contributed by atoms with van der Waals surface area (Å²) in [6, 6.07) is 12.9. The maximum Gasteiger partial charge on any atom is 0.306 e. The van der Waals surface area contributed by atoms with Crippen molar-refractivity contribution in [3.63, 3.8) is 0 Å². The van der Waals surface area contributed by atoms with Crippen LogP contribution in [0.15, 0.2) is 60.9 Å². The summed E-state index contributed by atoms with van der Waals surface area (Å²) >= 11 is 0. The molecule has 2 amide bonds. The van der Waals surface area contributed by atoms with Gasteiger partial charge in [0.25, 0.3) is 0 Å². The Hall–Kier alpha value is -4.08. The standard InChI is InChI=1S/C22H20FN5O4/c23-19-7-6-18(13-20(19)28(31)32)26-14-16(12-21(26)29)22(30)24-10-8-15-2-4-17(5-3-15)27-11-1-9-25-27/h1-7,9,11,13,16H,8,10,12,14H2,(H,24,30). The first-order valence-electron chi connectivity index (χ1n) is 10.0. The van der Waals surface area contributed by atoms with Gasteiger partial charge in [-0.2, -0.15) is 9.49 Å². The van der Waals surface area contributed by atoms with E-state index in [4.69, 9.17) is 0 Å². The third-order valence-corrected chi connectivity index (χ3v) is 5.35. The van der Waals surface area contributed by atoms with Gasteiger partial charge in [-0.25, -0.2) is 4.68 Å². The molecule has 9 nitrogen and oxygen atoms in total. The van der Waals surface area contributed by atoms with Gasteiger partial charge in [0.1, 0.15) is 0 Å². The number of hydrogen-bond acceptors (Lipinski definition) is 5. The van der Waals surface area contributed by atoms with Gasteiger partial charge in [-0.15, -0.1) is 0 Å². The number of benzene rings is 2. The lowest BCUT2D eigenvalue weighted by molar-refractivity contribution is -0.387. The number of anilines is 1. The zero-order chi connectivity index (χ0) is 22.7. The van der Waals surface area contributed by atoms with Crippen LogP contribution in [-0.2, 0) is 16.0 Å². The Balaban J connectivity index is 1.31. The number of amides is 2. The Morgan fingerprint density at radius 2 is 1.97 bits per heavy atom. The van der Waals surface area contributed by atoms with E-state index >= 15 is 0 Å².